The molecule has 2 aliphatic rings. The minimum Gasteiger partial charge on any atom is -0.329 e. The normalized spacial score (nSPS) is 25.5. The monoisotopic (exact) mass is 265 g/mol. The van der Waals surface area contributed by atoms with E-state index in [0.29, 0.717) is 6.04 Å². The van der Waals surface area contributed by atoms with Gasteiger partial charge in [0.15, 0.2) is 0 Å². The van der Waals surface area contributed by atoms with Crippen LogP contribution in [0.25, 0.3) is 0 Å². The van der Waals surface area contributed by atoms with Gasteiger partial charge in [-0.05, 0) is 49.9 Å². The molecule has 2 amide bonds. The molecule has 3 heterocycles. The van der Waals surface area contributed by atoms with Crippen LogP contribution in [0.5, 0.6) is 0 Å². The summed E-state index contributed by atoms with van der Waals surface area (Å²) >= 11 is 1.74. The fourth-order valence-corrected chi connectivity index (χ4v) is 3.85. The summed E-state index contributed by atoms with van der Waals surface area (Å²) in [5.41, 5.74) is 1.29. The number of aryl methyl sites for hydroxylation is 1. The van der Waals surface area contributed by atoms with E-state index in [0.717, 1.165) is 32.5 Å². The summed E-state index contributed by atoms with van der Waals surface area (Å²) in [6.07, 6.45) is 2.15. The standard InChI is InChI=1S/C13H19N3OS/c1-9-4-7-18-12(9)11-8-16(13(17)15-11)10-2-5-14-6-3-10/h4,7,10-11,14H,2-3,5-6,8H2,1H3,(H,15,17). The molecule has 0 aliphatic carbocycles. The van der Waals surface area contributed by atoms with Crippen molar-refractivity contribution in [1.29, 1.82) is 0 Å². The molecular weight excluding hydrogens is 246 g/mol. The highest BCUT2D eigenvalue weighted by molar-refractivity contribution is 7.10. The molecule has 3 rings (SSSR count). The number of carbonyl (C=O) groups excluding carboxylic acids is 1. The van der Waals surface area contributed by atoms with E-state index in [1.807, 2.05) is 4.90 Å². The average molecular weight is 265 g/mol. The van der Waals surface area contributed by atoms with Crippen molar-refractivity contribution in [3.63, 3.8) is 0 Å². The highest BCUT2D eigenvalue weighted by Crippen LogP contribution is 2.29. The molecule has 0 aromatic carbocycles. The maximum absolute atomic E-state index is 12.1. The molecule has 2 aliphatic heterocycles. The van der Waals surface area contributed by atoms with Crippen molar-refractivity contribution in [2.24, 2.45) is 0 Å². The number of nitrogens with one attached hydrogen (secondary N) is 2. The van der Waals surface area contributed by atoms with Crippen LogP contribution in [0.15, 0.2) is 11.4 Å². The van der Waals surface area contributed by atoms with E-state index in [1.54, 1.807) is 11.3 Å². The van der Waals surface area contributed by atoms with Gasteiger partial charge in [-0.3, -0.25) is 0 Å². The van der Waals surface area contributed by atoms with Crippen molar-refractivity contribution < 1.29 is 4.79 Å². The summed E-state index contributed by atoms with van der Waals surface area (Å²) in [4.78, 5) is 15.4. The Hall–Kier alpha value is -1.07. The minimum atomic E-state index is 0.111. The van der Waals surface area contributed by atoms with Crippen LogP contribution in [0.1, 0.15) is 29.3 Å². The van der Waals surface area contributed by atoms with Gasteiger partial charge in [-0.2, -0.15) is 0 Å². The molecule has 1 aromatic heterocycles. The Kier molecular flexibility index (Phi) is 3.26. The van der Waals surface area contributed by atoms with E-state index in [-0.39, 0.29) is 12.1 Å². The number of urea groups is 1. The second kappa shape index (κ2) is 4.90. The first-order valence-electron chi connectivity index (χ1n) is 6.57. The molecule has 18 heavy (non-hydrogen) atoms. The van der Waals surface area contributed by atoms with E-state index in [1.165, 1.54) is 10.4 Å². The molecule has 0 spiro atoms. The molecule has 98 valence electrons. The van der Waals surface area contributed by atoms with Gasteiger partial charge in [0.25, 0.3) is 0 Å². The van der Waals surface area contributed by atoms with Crippen molar-refractivity contribution >= 4 is 17.4 Å². The Balaban J connectivity index is 1.72. The van der Waals surface area contributed by atoms with Crippen LogP contribution in [0.2, 0.25) is 0 Å². The van der Waals surface area contributed by atoms with Gasteiger partial charge in [0.2, 0.25) is 0 Å². The van der Waals surface area contributed by atoms with Crippen LogP contribution in [-0.2, 0) is 0 Å². The largest absolute Gasteiger partial charge is 0.329 e. The van der Waals surface area contributed by atoms with Gasteiger partial charge in [0.1, 0.15) is 0 Å². The zero-order valence-corrected chi connectivity index (χ0v) is 11.4. The van der Waals surface area contributed by atoms with Crippen molar-refractivity contribution in [3.8, 4) is 0 Å². The quantitative estimate of drug-likeness (QED) is 0.857. The van der Waals surface area contributed by atoms with Gasteiger partial charge in [0.05, 0.1) is 6.04 Å². The Morgan fingerprint density at radius 2 is 2.17 bits per heavy atom. The number of hydrogen-bond donors (Lipinski definition) is 2. The second-order valence-corrected chi connectivity index (χ2v) is 6.05. The summed E-state index contributed by atoms with van der Waals surface area (Å²) in [6.45, 7) is 4.99. The average Bonchev–Trinajstić information content (AvgIpc) is 2.96. The summed E-state index contributed by atoms with van der Waals surface area (Å²) < 4.78 is 0. The van der Waals surface area contributed by atoms with Crippen LogP contribution in [0.4, 0.5) is 4.79 Å². The Bertz CT molecular complexity index is 439. The van der Waals surface area contributed by atoms with E-state index < -0.39 is 0 Å². The van der Waals surface area contributed by atoms with E-state index in [2.05, 4.69) is 29.0 Å². The molecule has 0 saturated carbocycles. The van der Waals surface area contributed by atoms with Crippen LogP contribution < -0.4 is 10.6 Å². The molecule has 5 heteroatoms. The number of carbonyl (C=O) groups is 1. The first-order chi connectivity index (χ1) is 8.75. The molecule has 4 nitrogen and oxygen atoms in total. The zero-order valence-electron chi connectivity index (χ0n) is 10.6. The van der Waals surface area contributed by atoms with Crippen LogP contribution in [-0.4, -0.2) is 36.6 Å². The predicted molar refractivity (Wildman–Crippen MR) is 72.9 cm³/mol. The third-order valence-corrected chi connectivity index (χ3v) is 5.04. The molecule has 1 aromatic rings. The second-order valence-electron chi connectivity index (χ2n) is 5.10. The fourth-order valence-electron chi connectivity index (χ4n) is 2.88. The summed E-state index contributed by atoms with van der Waals surface area (Å²) in [5.74, 6) is 0. The summed E-state index contributed by atoms with van der Waals surface area (Å²) in [7, 11) is 0. The van der Waals surface area contributed by atoms with Crippen LogP contribution >= 0.6 is 11.3 Å². The topological polar surface area (TPSA) is 44.4 Å². The van der Waals surface area contributed by atoms with Crippen molar-refractivity contribution in [1.82, 2.24) is 15.5 Å². The van der Waals surface area contributed by atoms with Gasteiger partial charge in [-0.25, -0.2) is 4.79 Å². The molecule has 2 fully saturated rings. The number of rotatable bonds is 2. The molecule has 0 radical (unpaired) electrons. The smallest absolute Gasteiger partial charge is 0.318 e. The molecule has 2 saturated heterocycles. The van der Waals surface area contributed by atoms with Crippen LogP contribution in [0.3, 0.4) is 0 Å². The molecule has 1 atom stereocenters. The molecule has 1 unspecified atom stereocenters. The minimum absolute atomic E-state index is 0.111. The molecule has 0 bridgehead atoms. The highest BCUT2D eigenvalue weighted by Gasteiger charge is 2.35. The van der Waals surface area contributed by atoms with Gasteiger partial charge in [-0.15, -0.1) is 11.3 Å². The summed E-state index contributed by atoms with van der Waals surface area (Å²) in [6, 6.07) is 2.84. The van der Waals surface area contributed by atoms with Gasteiger partial charge in [0, 0.05) is 17.5 Å². The third-order valence-electron chi connectivity index (χ3n) is 3.91. The Morgan fingerprint density at radius 1 is 1.39 bits per heavy atom. The number of piperidine rings is 1. The number of amides is 2. The lowest BCUT2D eigenvalue weighted by molar-refractivity contribution is 0.182. The van der Waals surface area contributed by atoms with E-state index >= 15 is 0 Å². The van der Waals surface area contributed by atoms with Crippen molar-refractivity contribution in [3.05, 3.63) is 21.9 Å². The lowest BCUT2D eigenvalue weighted by atomic mass is 10.0. The fraction of sp³-hybridized carbons (Fsp3) is 0.615. The van der Waals surface area contributed by atoms with Crippen molar-refractivity contribution in [2.45, 2.75) is 31.8 Å². The first-order valence-corrected chi connectivity index (χ1v) is 7.45. The van der Waals surface area contributed by atoms with E-state index in [9.17, 15) is 4.79 Å². The number of nitrogens with zero attached hydrogens (tertiary/aromatic N) is 1. The third kappa shape index (κ3) is 2.12. The highest BCUT2D eigenvalue weighted by atomic mass is 32.1. The Labute approximate surface area is 111 Å². The SMILES string of the molecule is Cc1ccsc1C1CN(C2CCNCC2)C(=O)N1. The lowest BCUT2D eigenvalue weighted by Gasteiger charge is -2.30. The predicted octanol–water partition coefficient (Wildman–Crippen LogP) is 1.87. The van der Waals surface area contributed by atoms with Gasteiger partial charge in [-0.1, -0.05) is 0 Å². The Morgan fingerprint density at radius 3 is 2.83 bits per heavy atom. The van der Waals surface area contributed by atoms with Crippen LogP contribution in [0, 0.1) is 6.92 Å². The van der Waals surface area contributed by atoms with Crippen molar-refractivity contribution in [2.75, 3.05) is 19.6 Å². The van der Waals surface area contributed by atoms with Gasteiger partial charge < -0.3 is 15.5 Å². The maximum atomic E-state index is 12.1. The number of hydrogen-bond acceptors (Lipinski definition) is 3. The summed E-state index contributed by atoms with van der Waals surface area (Å²) in [5, 5.41) is 8.57. The molecular formula is C13H19N3OS. The first kappa shape index (κ1) is 12.0. The number of thiophene rings is 1. The lowest BCUT2D eigenvalue weighted by Crippen LogP contribution is -2.44. The van der Waals surface area contributed by atoms with E-state index in [4.69, 9.17) is 0 Å². The zero-order chi connectivity index (χ0) is 12.5. The maximum Gasteiger partial charge on any atom is 0.318 e. The van der Waals surface area contributed by atoms with Gasteiger partial charge >= 0.3 is 6.03 Å². The molecule has 2 N–H and O–H groups in total.